The molecule has 4 heteroatoms. The van der Waals surface area contributed by atoms with Crippen molar-refractivity contribution in [2.75, 3.05) is 26.2 Å². The Balaban J connectivity index is 3.83. The van der Waals surface area contributed by atoms with Crippen molar-refractivity contribution in [2.24, 2.45) is 11.7 Å². The molecule has 0 saturated carbocycles. The average molecular weight is 243 g/mol. The number of nitrogens with one attached hydrogen (secondary N) is 1. The lowest BCUT2D eigenvalue weighted by Crippen LogP contribution is -2.46. The average Bonchev–Trinajstić information content (AvgIpc) is 2.35. The number of carbonyl (C=O) groups excluding carboxylic acids is 1. The Morgan fingerprint density at radius 1 is 1.29 bits per heavy atom. The molecule has 0 aliphatic rings. The predicted molar refractivity (Wildman–Crippen MR) is 72.8 cm³/mol. The number of hydrogen-bond donors (Lipinski definition) is 2. The van der Waals surface area contributed by atoms with Crippen molar-refractivity contribution in [3.8, 4) is 0 Å². The SMILES string of the molecule is CCCN(CC)CCNC(=O)C(N)C(C)CC. The summed E-state index contributed by atoms with van der Waals surface area (Å²) >= 11 is 0. The van der Waals surface area contributed by atoms with Crippen LogP contribution in [0.5, 0.6) is 0 Å². The van der Waals surface area contributed by atoms with Crippen LogP contribution < -0.4 is 11.1 Å². The van der Waals surface area contributed by atoms with E-state index >= 15 is 0 Å². The highest BCUT2D eigenvalue weighted by molar-refractivity contribution is 5.81. The molecule has 3 N–H and O–H groups in total. The molecule has 17 heavy (non-hydrogen) atoms. The Bertz CT molecular complexity index is 209. The minimum atomic E-state index is -0.374. The predicted octanol–water partition coefficient (Wildman–Crippen LogP) is 1.21. The van der Waals surface area contributed by atoms with Gasteiger partial charge in [0.25, 0.3) is 0 Å². The number of amides is 1. The maximum atomic E-state index is 11.7. The van der Waals surface area contributed by atoms with Crippen LogP contribution in [0.1, 0.15) is 40.5 Å². The lowest BCUT2D eigenvalue weighted by Gasteiger charge is -2.21. The summed E-state index contributed by atoms with van der Waals surface area (Å²) < 4.78 is 0. The zero-order valence-corrected chi connectivity index (χ0v) is 11.8. The normalized spacial score (nSPS) is 14.7. The van der Waals surface area contributed by atoms with Crippen molar-refractivity contribution in [1.82, 2.24) is 10.2 Å². The number of hydrogen-bond acceptors (Lipinski definition) is 3. The van der Waals surface area contributed by atoms with E-state index in [0.29, 0.717) is 6.54 Å². The summed E-state index contributed by atoms with van der Waals surface area (Å²) in [5.74, 6) is 0.222. The third-order valence-corrected chi connectivity index (χ3v) is 3.27. The summed E-state index contributed by atoms with van der Waals surface area (Å²) in [6.07, 6.45) is 2.08. The first-order valence-corrected chi connectivity index (χ1v) is 6.82. The van der Waals surface area contributed by atoms with Crippen molar-refractivity contribution in [3.05, 3.63) is 0 Å². The van der Waals surface area contributed by atoms with E-state index in [1.807, 2.05) is 6.92 Å². The van der Waals surface area contributed by atoms with E-state index in [0.717, 1.165) is 32.5 Å². The highest BCUT2D eigenvalue weighted by Gasteiger charge is 2.18. The lowest BCUT2D eigenvalue weighted by atomic mass is 9.99. The highest BCUT2D eigenvalue weighted by atomic mass is 16.2. The van der Waals surface area contributed by atoms with E-state index in [9.17, 15) is 4.79 Å². The largest absolute Gasteiger partial charge is 0.353 e. The molecule has 0 bridgehead atoms. The molecule has 2 unspecified atom stereocenters. The number of rotatable bonds is 9. The minimum absolute atomic E-state index is 0.0214. The van der Waals surface area contributed by atoms with Crippen molar-refractivity contribution in [3.63, 3.8) is 0 Å². The van der Waals surface area contributed by atoms with Crippen LogP contribution in [-0.4, -0.2) is 43.0 Å². The Morgan fingerprint density at radius 2 is 1.94 bits per heavy atom. The summed E-state index contributed by atoms with van der Waals surface area (Å²) in [5, 5.41) is 2.92. The van der Waals surface area contributed by atoms with Crippen molar-refractivity contribution >= 4 is 5.91 Å². The molecule has 1 amide bonds. The second-order valence-corrected chi connectivity index (χ2v) is 4.64. The van der Waals surface area contributed by atoms with Gasteiger partial charge in [-0.25, -0.2) is 0 Å². The quantitative estimate of drug-likeness (QED) is 0.640. The van der Waals surface area contributed by atoms with E-state index in [1.165, 1.54) is 0 Å². The molecule has 0 aromatic carbocycles. The molecule has 0 aromatic heterocycles. The van der Waals surface area contributed by atoms with Crippen LogP contribution in [0.2, 0.25) is 0 Å². The van der Waals surface area contributed by atoms with Gasteiger partial charge in [-0.3, -0.25) is 4.79 Å². The molecule has 0 aliphatic carbocycles. The second-order valence-electron chi connectivity index (χ2n) is 4.64. The van der Waals surface area contributed by atoms with Gasteiger partial charge in [-0.2, -0.15) is 0 Å². The third kappa shape index (κ3) is 6.64. The monoisotopic (exact) mass is 243 g/mol. The number of carbonyl (C=O) groups is 1. The summed E-state index contributed by atoms with van der Waals surface area (Å²) in [6.45, 7) is 12.1. The maximum Gasteiger partial charge on any atom is 0.237 e. The maximum absolute atomic E-state index is 11.7. The van der Waals surface area contributed by atoms with Gasteiger partial charge in [0.1, 0.15) is 0 Å². The summed E-state index contributed by atoms with van der Waals surface area (Å²) in [7, 11) is 0. The molecule has 0 fully saturated rings. The van der Waals surface area contributed by atoms with Gasteiger partial charge >= 0.3 is 0 Å². The highest BCUT2D eigenvalue weighted by Crippen LogP contribution is 2.04. The van der Waals surface area contributed by atoms with Crippen LogP contribution >= 0.6 is 0 Å². The number of likely N-dealkylation sites (N-methyl/N-ethyl adjacent to an activating group) is 1. The minimum Gasteiger partial charge on any atom is -0.353 e. The van der Waals surface area contributed by atoms with Gasteiger partial charge in [-0.1, -0.05) is 34.1 Å². The van der Waals surface area contributed by atoms with E-state index < -0.39 is 0 Å². The van der Waals surface area contributed by atoms with Gasteiger partial charge in [0.15, 0.2) is 0 Å². The molecule has 102 valence electrons. The van der Waals surface area contributed by atoms with Gasteiger partial charge in [0.2, 0.25) is 5.91 Å². The summed E-state index contributed by atoms with van der Waals surface area (Å²) in [6, 6.07) is -0.374. The molecule has 0 aromatic rings. The van der Waals surface area contributed by atoms with Crippen molar-refractivity contribution in [2.45, 2.75) is 46.6 Å². The molecule has 0 rings (SSSR count). The Kier molecular flexibility index (Phi) is 9.09. The molecule has 0 aliphatic heterocycles. The molecule has 0 radical (unpaired) electrons. The lowest BCUT2D eigenvalue weighted by molar-refractivity contribution is -0.123. The molecule has 0 heterocycles. The van der Waals surface area contributed by atoms with Crippen molar-refractivity contribution in [1.29, 1.82) is 0 Å². The zero-order chi connectivity index (χ0) is 13.3. The molecular weight excluding hydrogens is 214 g/mol. The first-order valence-electron chi connectivity index (χ1n) is 6.82. The summed E-state index contributed by atoms with van der Waals surface area (Å²) in [5.41, 5.74) is 5.85. The van der Waals surface area contributed by atoms with E-state index in [2.05, 4.69) is 31.0 Å². The van der Waals surface area contributed by atoms with Gasteiger partial charge in [0, 0.05) is 13.1 Å². The molecule has 0 saturated heterocycles. The molecular formula is C13H29N3O. The fraction of sp³-hybridized carbons (Fsp3) is 0.923. The van der Waals surface area contributed by atoms with E-state index in [-0.39, 0.29) is 17.9 Å². The number of nitrogens with zero attached hydrogens (tertiary/aromatic N) is 1. The molecule has 2 atom stereocenters. The molecule has 0 spiro atoms. The Morgan fingerprint density at radius 3 is 2.41 bits per heavy atom. The van der Waals surface area contributed by atoms with E-state index in [1.54, 1.807) is 0 Å². The summed E-state index contributed by atoms with van der Waals surface area (Å²) in [4.78, 5) is 14.0. The van der Waals surface area contributed by atoms with E-state index in [4.69, 9.17) is 5.73 Å². The van der Waals surface area contributed by atoms with Gasteiger partial charge < -0.3 is 16.0 Å². The van der Waals surface area contributed by atoms with Crippen molar-refractivity contribution < 1.29 is 4.79 Å². The topological polar surface area (TPSA) is 58.4 Å². The van der Waals surface area contributed by atoms with Crippen LogP contribution in [0.15, 0.2) is 0 Å². The third-order valence-electron chi connectivity index (χ3n) is 3.27. The van der Waals surface area contributed by atoms with Gasteiger partial charge in [-0.05, 0) is 25.4 Å². The van der Waals surface area contributed by atoms with Crippen LogP contribution in [-0.2, 0) is 4.79 Å². The standard InChI is InChI=1S/C13H29N3O/c1-5-9-16(7-3)10-8-15-13(17)12(14)11(4)6-2/h11-12H,5-10,14H2,1-4H3,(H,15,17). The fourth-order valence-corrected chi connectivity index (χ4v) is 1.71. The van der Waals surface area contributed by atoms with Crippen LogP contribution in [0.25, 0.3) is 0 Å². The second kappa shape index (κ2) is 9.42. The van der Waals surface area contributed by atoms with Crippen LogP contribution in [0.4, 0.5) is 0 Å². The Hall–Kier alpha value is -0.610. The first kappa shape index (κ1) is 16.4. The van der Waals surface area contributed by atoms with Crippen LogP contribution in [0, 0.1) is 5.92 Å². The number of nitrogens with two attached hydrogens (primary N) is 1. The Labute approximate surface area is 106 Å². The fourth-order valence-electron chi connectivity index (χ4n) is 1.71. The first-order chi connectivity index (χ1) is 8.06. The van der Waals surface area contributed by atoms with Gasteiger partial charge in [-0.15, -0.1) is 0 Å². The van der Waals surface area contributed by atoms with Crippen LogP contribution in [0.3, 0.4) is 0 Å². The van der Waals surface area contributed by atoms with Gasteiger partial charge in [0.05, 0.1) is 6.04 Å². The zero-order valence-electron chi connectivity index (χ0n) is 11.8. The molecule has 4 nitrogen and oxygen atoms in total. The smallest absolute Gasteiger partial charge is 0.237 e.